The monoisotopic (exact) mass is 358 g/mol. The Balaban J connectivity index is 1.75. The van der Waals surface area contributed by atoms with Crippen LogP contribution in [0, 0.1) is 11.8 Å². The quantitative estimate of drug-likeness (QED) is 0.606. The summed E-state index contributed by atoms with van der Waals surface area (Å²) in [5.74, 6) is 2.56. The van der Waals surface area contributed by atoms with Crippen LogP contribution < -0.4 is 10.6 Å². The molecule has 1 saturated carbocycles. The highest BCUT2D eigenvalue weighted by atomic mass is 16.2. The minimum atomic E-state index is 0.0276. The highest BCUT2D eigenvalue weighted by Gasteiger charge is 2.19. The molecular formula is C21H34N4O. The maximum atomic E-state index is 11.9. The van der Waals surface area contributed by atoms with Crippen molar-refractivity contribution in [2.75, 3.05) is 27.7 Å². The molecule has 1 aliphatic carbocycles. The molecule has 0 aromatic heterocycles. The van der Waals surface area contributed by atoms with Gasteiger partial charge in [-0.2, -0.15) is 0 Å². The summed E-state index contributed by atoms with van der Waals surface area (Å²) in [6, 6.07) is 7.73. The van der Waals surface area contributed by atoms with Crippen LogP contribution in [0.2, 0.25) is 0 Å². The van der Waals surface area contributed by atoms with Crippen molar-refractivity contribution in [3.8, 4) is 0 Å². The average Bonchev–Trinajstić information content (AvgIpc) is 2.68. The van der Waals surface area contributed by atoms with Gasteiger partial charge in [0.15, 0.2) is 5.96 Å². The standard InChI is InChI=1S/C21H34N4O/c1-5-16-6-8-17(9-7-16)14-23-21(22-2)24-15-18-10-12-19(13-11-18)20(26)25(3)4/h10-13,16-17H,5-9,14-15H2,1-4H3,(H2,22,23,24). The first-order chi connectivity index (χ1) is 12.5. The molecule has 144 valence electrons. The summed E-state index contributed by atoms with van der Waals surface area (Å²) in [6.45, 7) is 3.99. The molecule has 5 nitrogen and oxygen atoms in total. The molecule has 2 N–H and O–H groups in total. The van der Waals surface area contributed by atoms with Gasteiger partial charge >= 0.3 is 0 Å². The van der Waals surface area contributed by atoms with E-state index in [-0.39, 0.29) is 5.91 Å². The summed E-state index contributed by atoms with van der Waals surface area (Å²) in [7, 11) is 5.34. The fourth-order valence-electron chi connectivity index (χ4n) is 3.51. The van der Waals surface area contributed by atoms with Gasteiger partial charge in [0.05, 0.1) is 0 Å². The second-order valence-corrected chi connectivity index (χ2v) is 7.50. The fourth-order valence-corrected chi connectivity index (χ4v) is 3.51. The van der Waals surface area contributed by atoms with Crippen LogP contribution in [0.5, 0.6) is 0 Å². The third-order valence-electron chi connectivity index (χ3n) is 5.39. The number of hydrogen-bond donors (Lipinski definition) is 2. The van der Waals surface area contributed by atoms with E-state index in [4.69, 9.17) is 0 Å². The number of benzene rings is 1. The summed E-state index contributed by atoms with van der Waals surface area (Å²) in [5.41, 5.74) is 1.84. The molecule has 1 aliphatic rings. The van der Waals surface area contributed by atoms with E-state index in [1.165, 1.54) is 32.1 Å². The Bertz CT molecular complexity index is 587. The molecule has 0 spiro atoms. The van der Waals surface area contributed by atoms with Gasteiger partial charge in [0.1, 0.15) is 0 Å². The molecule has 0 aliphatic heterocycles. The number of hydrogen-bond acceptors (Lipinski definition) is 2. The summed E-state index contributed by atoms with van der Waals surface area (Å²) in [6.07, 6.45) is 6.70. The van der Waals surface area contributed by atoms with E-state index in [9.17, 15) is 4.79 Å². The molecule has 1 aromatic rings. The van der Waals surface area contributed by atoms with E-state index in [1.54, 1.807) is 19.0 Å². The van der Waals surface area contributed by atoms with Crippen LogP contribution >= 0.6 is 0 Å². The molecule has 0 bridgehead atoms. The van der Waals surface area contributed by atoms with Gasteiger partial charge in [0, 0.05) is 39.8 Å². The predicted molar refractivity (Wildman–Crippen MR) is 108 cm³/mol. The number of aliphatic imine (C=N–C) groups is 1. The number of guanidine groups is 1. The molecule has 0 heterocycles. The van der Waals surface area contributed by atoms with Crippen LogP contribution in [0.1, 0.15) is 54.9 Å². The van der Waals surface area contributed by atoms with Crippen LogP contribution in [0.4, 0.5) is 0 Å². The molecule has 5 heteroatoms. The second kappa shape index (κ2) is 10.2. The lowest BCUT2D eigenvalue weighted by molar-refractivity contribution is 0.0827. The third kappa shape index (κ3) is 6.04. The number of nitrogens with one attached hydrogen (secondary N) is 2. The van der Waals surface area contributed by atoms with E-state index in [1.807, 2.05) is 31.3 Å². The summed E-state index contributed by atoms with van der Waals surface area (Å²) < 4.78 is 0. The van der Waals surface area contributed by atoms with E-state index in [2.05, 4.69) is 22.5 Å². The van der Waals surface area contributed by atoms with Gasteiger partial charge < -0.3 is 15.5 Å². The maximum absolute atomic E-state index is 11.9. The van der Waals surface area contributed by atoms with Crippen molar-refractivity contribution < 1.29 is 4.79 Å². The minimum Gasteiger partial charge on any atom is -0.356 e. The zero-order chi connectivity index (χ0) is 18.9. The van der Waals surface area contributed by atoms with Gasteiger partial charge in [-0.3, -0.25) is 9.79 Å². The smallest absolute Gasteiger partial charge is 0.253 e. The van der Waals surface area contributed by atoms with Gasteiger partial charge in [-0.25, -0.2) is 0 Å². The first-order valence-electron chi connectivity index (χ1n) is 9.78. The minimum absolute atomic E-state index is 0.0276. The van der Waals surface area contributed by atoms with Gasteiger partial charge in [-0.05, 0) is 42.4 Å². The number of amides is 1. The Labute approximate surface area is 158 Å². The number of nitrogens with zero attached hydrogens (tertiary/aromatic N) is 2. The first-order valence-corrected chi connectivity index (χ1v) is 9.78. The summed E-state index contributed by atoms with van der Waals surface area (Å²) in [4.78, 5) is 17.8. The van der Waals surface area contributed by atoms with Crippen molar-refractivity contribution in [1.29, 1.82) is 0 Å². The highest BCUT2D eigenvalue weighted by molar-refractivity contribution is 5.93. The Morgan fingerprint density at radius 3 is 2.23 bits per heavy atom. The topological polar surface area (TPSA) is 56.7 Å². The summed E-state index contributed by atoms with van der Waals surface area (Å²) >= 11 is 0. The van der Waals surface area contributed by atoms with Crippen molar-refractivity contribution in [1.82, 2.24) is 15.5 Å². The van der Waals surface area contributed by atoms with E-state index in [0.29, 0.717) is 12.1 Å². The number of carbonyl (C=O) groups excluding carboxylic acids is 1. The fraction of sp³-hybridized carbons (Fsp3) is 0.619. The molecule has 26 heavy (non-hydrogen) atoms. The number of carbonyl (C=O) groups is 1. The van der Waals surface area contributed by atoms with E-state index in [0.717, 1.165) is 29.9 Å². The zero-order valence-corrected chi connectivity index (χ0v) is 16.7. The molecular weight excluding hydrogens is 324 g/mol. The predicted octanol–water partition coefficient (Wildman–Crippen LogP) is 3.27. The molecule has 0 atom stereocenters. The molecule has 1 fully saturated rings. The Hall–Kier alpha value is -2.04. The van der Waals surface area contributed by atoms with Gasteiger partial charge in [-0.1, -0.05) is 38.3 Å². The van der Waals surface area contributed by atoms with Crippen LogP contribution in [0.15, 0.2) is 29.3 Å². The molecule has 1 aromatic carbocycles. The third-order valence-corrected chi connectivity index (χ3v) is 5.39. The molecule has 1 amide bonds. The summed E-state index contributed by atoms with van der Waals surface area (Å²) in [5, 5.41) is 6.83. The maximum Gasteiger partial charge on any atom is 0.253 e. The molecule has 2 rings (SSSR count). The van der Waals surface area contributed by atoms with Crippen LogP contribution in [0.3, 0.4) is 0 Å². The van der Waals surface area contributed by atoms with Crippen LogP contribution in [-0.2, 0) is 6.54 Å². The van der Waals surface area contributed by atoms with Crippen LogP contribution in [-0.4, -0.2) is 44.5 Å². The molecule has 0 saturated heterocycles. The first kappa shape index (κ1) is 20.3. The van der Waals surface area contributed by atoms with E-state index >= 15 is 0 Å². The lowest BCUT2D eigenvalue weighted by Gasteiger charge is -2.28. The largest absolute Gasteiger partial charge is 0.356 e. The SMILES string of the molecule is CCC1CCC(CNC(=NC)NCc2ccc(C(=O)N(C)C)cc2)CC1. The zero-order valence-electron chi connectivity index (χ0n) is 16.7. The van der Waals surface area contributed by atoms with Gasteiger partial charge in [-0.15, -0.1) is 0 Å². The van der Waals surface area contributed by atoms with Gasteiger partial charge in [0.25, 0.3) is 5.91 Å². The van der Waals surface area contributed by atoms with Crippen molar-refractivity contribution in [2.24, 2.45) is 16.8 Å². The normalized spacial score (nSPS) is 20.5. The number of rotatable bonds is 6. The van der Waals surface area contributed by atoms with Crippen molar-refractivity contribution in [3.63, 3.8) is 0 Å². The van der Waals surface area contributed by atoms with Crippen molar-refractivity contribution in [2.45, 2.75) is 45.6 Å². The Morgan fingerprint density at radius 1 is 1.08 bits per heavy atom. The second-order valence-electron chi connectivity index (χ2n) is 7.50. The lowest BCUT2D eigenvalue weighted by Crippen LogP contribution is -2.40. The molecule has 0 unspecified atom stereocenters. The van der Waals surface area contributed by atoms with Crippen molar-refractivity contribution >= 4 is 11.9 Å². The van der Waals surface area contributed by atoms with Crippen molar-refractivity contribution in [3.05, 3.63) is 35.4 Å². The lowest BCUT2D eigenvalue weighted by atomic mass is 9.81. The average molecular weight is 359 g/mol. The highest BCUT2D eigenvalue weighted by Crippen LogP contribution is 2.30. The Kier molecular flexibility index (Phi) is 7.95. The van der Waals surface area contributed by atoms with E-state index < -0.39 is 0 Å². The Morgan fingerprint density at radius 2 is 1.69 bits per heavy atom. The molecule has 0 radical (unpaired) electrons. The van der Waals surface area contributed by atoms with Crippen LogP contribution in [0.25, 0.3) is 0 Å². The van der Waals surface area contributed by atoms with Gasteiger partial charge in [0.2, 0.25) is 0 Å².